The molecule has 2 amide bonds. The van der Waals surface area contributed by atoms with Crippen LogP contribution < -0.4 is 10.8 Å². The molecule has 0 aliphatic heterocycles. The molecule has 8 nitrogen and oxygen atoms in total. The number of furan rings is 1. The first-order valence-corrected chi connectivity index (χ1v) is 11.2. The number of nitrogens with one attached hydrogen (secondary N) is 2. The van der Waals surface area contributed by atoms with Crippen LogP contribution in [0.25, 0.3) is 0 Å². The topological polar surface area (TPSA) is 126 Å². The maximum atomic E-state index is 12.8. The van der Waals surface area contributed by atoms with E-state index in [1.54, 1.807) is 12.1 Å². The molecule has 10 heteroatoms. The second-order valence-electron chi connectivity index (χ2n) is 6.15. The third kappa shape index (κ3) is 5.50. The van der Waals surface area contributed by atoms with E-state index in [1.807, 2.05) is 30.3 Å². The summed E-state index contributed by atoms with van der Waals surface area (Å²) in [4.78, 5) is 25.9. The Bertz CT molecular complexity index is 1100. The highest BCUT2D eigenvalue weighted by Crippen LogP contribution is 2.28. The Labute approximate surface area is 177 Å². The molecule has 0 fully saturated rings. The van der Waals surface area contributed by atoms with Gasteiger partial charge in [-0.3, -0.25) is 14.8 Å². The highest BCUT2D eigenvalue weighted by atomic mass is 32.2. The van der Waals surface area contributed by atoms with Crippen LogP contribution in [0, 0.1) is 0 Å². The number of hydrogen-bond donors (Lipinski definition) is 3. The lowest BCUT2D eigenvalue weighted by atomic mass is 10.3. The molecular formula is C20H18N2O6S2. The lowest BCUT2D eigenvalue weighted by Crippen LogP contribution is -2.49. The summed E-state index contributed by atoms with van der Waals surface area (Å²) in [6, 6.07) is 17.1. The van der Waals surface area contributed by atoms with Crippen molar-refractivity contribution >= 4 is 33.4 Å². The summed E-state index contributed by atoms with van der Waals surface area (Å²) in [5.74, 6) is -2.67. The first-order valence-electron chi connectivity index (χ1n) is 8.73. The quantitative estimate of drug-likeness (QED) is 0.358. The average molecular weight is 447 g/mol. The maximum absolute atomic E-state index is 12.8. The van der Waals surface area contributed by atoms with Crippen molar-refractivity contribution in [1.82, 2.24) is 10.8 Å². The number of carbonyl (C=O) groups excluding carboxylic acids is 2. The van der Waals surface area contributed by atoms with Gasteiger partial charge in [0.1, 0.15) is 6.04 Å². The highest BCUT2D eigenvalue weighted by molar-refractivity contribution is 7.99. The molecule has 3 rings (SSSR count). The number of amides is 2. The van der Waals surface area contributed by atoms with Crippen LogP contribution in [-0.2, 0) is 14.6 Å². The molecule has 1 atom stereocenters. The lowest BCUT2D eigenvalue weighted by molar-refractivity contribution is -0.130. The zero-order valence-electron chi connectivity index (χ0n) is 15.5. The van der Waals surface area contributed by atoms with Crippen LogP contribution in [0.5, 0.6) is 0 Å². The van der Waals surface area contributed by atoms with E-state index < -0.39 is 33.4 Å². The Morgan fingerprint density at radius 1 is 0.967 bits per heavy atom. The molecule has 0 aliphatic carbocycles. The average Bonchev–Trinajstić information content (AvgIpc) is 3.29. The molecule has 30 heavy (non-hydrogen) atoms. The van der Waals surface area contributed by atoms with E-state index >= 15 is 0 Å². The normalized spacial score (nSPS) is 12.2. The summed E-state index contributed by atoms with van der Waals surface area (Å²) in [7, 11) is -3.95. The Morgan fingerprint density at radius 3 is 2.23 bits per heavy atom. The van der Waals surface area contributed by atoms with Gasteiger partial charge in [-0.05, 0) is 48.5 Å². The van der Waals surface area contributed by atoms with Gasteiger partial charge in [0.25, 0.3) is 11.8 Å². The van der Waals surface area contributed by atoms with Crippen molar-refractivity contribution in [3.63, 3.8) is 0 Å². The van der Waals surface area contributed by atoms with Crippen LogP contribution in [0.1, 0.15) is 10.6 Å². The van der Waals surface area contributed by atoms with E-state index in [0.717, 1.165) is 9.79 Å². The second-order valence-corrected chi connectivity index (χ2v) is 9.33. The molecule has 1 aromatic heterocycles. The number of hydrogen-bond acceptors (Lipinski definition) is 7. The molecule has 1 heterocycles. The van der Waals surface area contributed by atoms with Crippen molar-refractivity contribution in [2.75, 3.05) is 5.75 Å². The lowest BCUT2D eigenvalue weighted by Gasteiger charge is -2.16. The molecule has 0 bridgehead atoms. The van der Waals surface area contributed by atoms with Crippen molar-refractivity contribution in [2.24, 2.45) is 0 Å². The van der Waals surface area contributed by atoms with Gasteiger partial charge in [0.2, 0.25) is 0 Å². The van der Waals surface area contributed by atoms with E-state index in [4.69, 9.17) is 9.62 Å². The Hall–Kier alpha value is -3.08. The number of hydroxylamine groups is 1. The second kappa shape index (κ2) is 9.61. The third-order valence-corrected chi connectivity index (χ3v) is 6.80. The zero-order valence-corrected chi connectivity index (χ0v) is 17.2. The summed E-state index contributed by atoms with van der Waals surface area (Å²) in [5, 5.41) is 11.2. The summed E-state index contributed by atoms with van der Waals surface area (Å²) >= 11 is 1.48. The monoisotopic (exact) mass is 446 g/mol. The van der Waals surface area contributed by atoms with E-state index in [9.17, 15) is 18.0 Å². The predicted molar refractivity (Wildman–Crippen MR) is 109 cm³/mol. The first kappa shape index (κ1) is 21.6. The van der Waals surface area contributed by atoms with Crippen molar-refractivity contribution in [1.29, 1.82) is 0 Å². The van der Waals surface area contributed by atoms with Crippen LogP contribution in [0.15, 0.2) is 92.1 Å². The fourth-order valence-corrected chi connectivity index (χ4v) is 4.81. The fraction of sp³-hybridized carbons (Fsp3) is 0.100. The van der Waals surface area contributed by atoms with Gasteiger partial charge < -0.3 is 9.73 Å². The number of benzene rings is 2. The van der Waals surface area contributed by atoms with E-state index in [1.165, 1.54) is 47.8 Å². The van der Waals surface area contributed by atoms with Crippen LogP contribution in [0.4, 0.5) is 0 Å². The summed E-state index contributed by atoms with van der Waals surface area (Å²) in [6.45, 7) is 0. The minimum atomic E-state index is -3.95. The maximum Gasteiger partial charge on any atom is 0.287 e. The van der Waals surface area contributed by atoms with Crippen LogP contribution in [-0.4, -0.2) is 37.2 Å². The minimum absolute atomic E-state index is 0.0112. The minimum Gasteiger partial charge on any atom is -0.459 e. The van der Waals surface area contributed by atoms with Gasteiger partial charge in [0, 0.05) is 9.79 Å². The predicted octanol–water partition coefficient (Wildman–Crippen LogP) is 2.51. The number of sulfone groups is 1. The molecule has 3 aromatic rings. The van der Waals surface area contributed by atoms with Crippen molar-refractivity contribution in [3.05, 3.63) is 78.8 Å². The van der Waals surface area contributed by atoms with E-state index in [2.05, 4.69) is 5.32 Å². The van der Waals surface area contributed by atoms with Gasteiger partial charge in [0.05, 0.1) is 16.9 Å². The van der Waals surface area contributed by atoms with E-state index in [-0.39, 0.29) is 10.7 Å². The fourth-order valence-electron chi connectivity index (χ4n) is 2.55. The SMILES string of the molecule is O=C(NC(CS(=O)(=O)c1ccc(Sc2ccccc2)cc1)C(=O)NO)c1ccco1. The Balaban J connectivity index is 1.73. The summed E-state index contributed by atoms with van der Waals surface area (Å²) in [6.07, 6.45) is 1.27. The van der Waals surface area contributed by atoms with E-state index in [0.29, 0.717) is 0 Å². The molecule has 0 saturated carbocycles. The molecule has 0 spiro atoms. The van der Waals surface area contributed by atoms with Gasteiger partial charge >= 0.3 is 0 Å². The molecule has 0 radical (unpaired) electrons. The van der Waals surface area contributed by atoms with Gasteiger partial charge in [-0.15, -0.1) is 0 Å². The first-order chi connectivity index (χ1) is 14.4. The molecule has 0 aliphatic rings. The third-order valence-electron chi connectivity index (χ3n) is 4.02. The Morgan fingerprint density at radius 2 is 1.63 bits per heavy atom. The highest BCUT2D eigenvalue weighted by Gasteiger charge is 2.29. The van der Waals surface area contributed by atoms with Crippen molar-refractivity contribution in [3.8, 4) is 0 Å². The molecule has 0 saturated heterocycles. The van der Waals surface area contributed by atoms with Gasteiger partial charge in [-0.25, -0.2) is 13.9 Å². The number of rotatable bonds is 8. The van der Waals surface area contributed by atoms with Gasteiger partial charge in [-0.1, -0.05) is 30.0 Å². The van der Waals surface area contributed by atoms with Crippen molar-refractivity contribution in [2.45, 2.75) is 20.7 Å². The van der Waals surface area contributed by atoms with Gasteiger partial charge in [-0.2, -0.15) is 0 Å². The van der Waals surface area contributed by atoms with Crippen LogP contribution in [0.3, 0.4) is 0 Å². The summed E-state index contributed by atoms with van der Waals surface area (Å²) in [5.41, 5.74) is 1.37. The molecular weight excluding hydrogens is 428 g/mol. The van der Waals surface area contributed by atoms with Crippen LogP contribution >= 0.6 is 11.8 Å². The molecule has 156 valence electrons. The number of carbonyl (C=O) groups is 2. The largest absolute Gasteiger partial charge is 0.459 e. The zero-order chi connectivity index (χ0) is 21.6. The Kier molecular flexibility index (Phi) is 6.93. The molecule has 3 N–H and O–H groups in total. The molecule has 1 unspecified atom stereocenters. The van der Waals surface area contributed by atoms with Crippen LogP contribution in [0.2, 0.25) is 0 Å². The van der Waals surface area contributed by atoms with Crippen molar-refractivity contribution < 1.29 is 27.6 Å². The summed E-state index contributed by atoms with van der Waals surface area (Å²) < 4.78 is 30.4. The smallest absolute Gasteiger partial charge is 0.287 e. The molecule has 2 aromatic carbocycles. The van der Waals surface area contributed by atoms with Gasteiger partial charge in [0.15, 0.2) is 15.6 Å². The standard InChI is InChI=1S/C20H18N2O6S2/c23-19(22-25)17(21-20(24)18-7-4-12-28-18)13-30(26,27)16-10-8-15(9-11-16)29-14-5-2-1-3-6-14/h1-12,17,25H,13H2,(H,21,24)(H,22,23).